The number of anilines is 1. The van der Waals surface area contributed by atoms with E-state index in [2.05, 4.69) is 15.0 Å². The highest BCUT2D eigenvalue weighted by Gasteiger charge is 2.04. The summed E-state index contributed by atoms with van der Waals surface area (Å²) in [4.78, 5) is 12.1. The Morgan fingerprint density at radius 1 is 1.12 bits per heavy atom. The second-order valence-electron chi connectivity index (χ2n) is 3.33. The summed E-state index contributed by atoms with van der Waals surface area (Å²) in [6.07, 6.45) is 3.05. The Kier molecular flexibility index (Phi) is 1.83. The number of nitrogen functional groups attached to an aromatic ring is 1. The molecule has 3 aromatic rings. The molecule has 0 bridgehead atoms. The summed E-state index contributed by atoms with van der Waals surface area (Å²) in [5.74, 6) is 0.262. The van der Waals surface area contributed by atoms with E-state index in [1.54, 1.807) is 12.3 Å². The molecule has 0 spiro atoms. The Bertz CT molecular complexity index is 647. The molecule has 5 heteroatoms. The van der Waals surface area contributed by atoms with E-state index in [0.29, 0.717) is 0 Å². The number of hydrogen-bond donors (Lipinski definition) is 1. The van der Waals surface area contributed by atoms with Crippen LogP contribution in [0.4, 0.5) is 5.95 Å². The molecule has 2 aromatic heterocycles. The van der Waals surface area contributed by atoms with E-state index in [1.165, 1.54) is 6.39 Å². The Balaban J connectivity index is 2.18. The maximum Gasteiger partial charge on any atom is 0.220 e. The van der Waals surface area contributed by atoms with Gasteiger partial charge in [-0.3, -0.25) is 0 Å². The predicted octanol–water partition coefficient (Wildman–Crippen LogP) is 1.87. The number of benzene rings is 1. The lowest BCUT2D eigenvalue weighted by atomic mass is 10.1. The van der Waals surface area contributed by atoms with Gasteiger partial charge in [-0.15, -0.1) is 0 Å². The van der Waals surface area contributed by atoms with Crippen molar-refractivity contribution in [1.29, 1.82) is 0 Å². The van der Waals surface area contributed by atoms with E-state index in [4.69, 9.17) is 10.2 Å². The largest absolute Gasteiger partial charge is 0.443 e. The van der Waals surface area contributed by atoms with Crippen molar-refractivity contribution in [3.8, 4) is 11.3 Å². The molecule has 0 amide bonds. The van der Waals surface area contributed by atoms with Crippen LogP contribution < -0.4 is 5.73 Å². The molecule has 0 aliphatic rings. The van der Waals surface area contributed by atoms with Crippen molar-refractivity contribution < 1.29 is 4.42 Å². The van der Waals surface area contributed by atoms with E-state index in [9.17, 15) is 0 Å². The maximum absolute atomic E-state index is 5.53. The van der Waals surface area contributed by atoms with Crippen molar-refractivity contribution >= 4 is 17.0 Å². The lowest BCUT2D eigenvalue weighted by Crippen LogP contribution is -1.94. The van der Waals surface area contributed by atoms with Gasteiger partial charge in [-0.25, -0.2) is 15.0 Å². The van der Waals surface area contributed by atoms with E-state index in [-0.39, 0.29) is 5.95 Å². The summed E-state index contributed by atoms with van der Waals surface area (Å²) in [5, 5.41) is 0. The first-order chi connectivity index (χ1) is 7.83. The first-order valence-electron chi connectivity index (χ1n) is 4.75. The van der Waals surface area contributed by atoms with Crippen molar-refractivity contribution in [2.24, 2.45) is 0 Å². The monoisotopic (exact) mass is 212 g/mol. The lowest BCUT2D eigenvalue weighted by molar-refractivity contribution is 0.602. The molecular weight excluding hydrogens is 204 g/mol. The second-order valence-corrected chi connectivity index (χ2v) is 3.33. The van der Waals surface area contributed by atoms with Gasteiger partial charge in [0, 0.05) is 11.8 Å². The van der Waals surface area contributed by atoms with Crippen LogP contribution in [0.15, 0.2) is 41.3 Å². The first-order valence-corrected chi connectivity index (χ1v) is 4.75. The van der Waals surface area contributed by atoms with Crippen molar-refractivity contribution in [2.75, 3.05) is 5.73 Å². The Morgan fingerprint density at radius 2 is 2.06 bits per heavy atom. The number of fused-ring (bicyclic) bond motifs is 1. The van der Waals surface area contributed by atoms with Crippen LogP contribution in [0.2, 0.25) is 0 Å². The van der Waals surface area contributed by atoms with Crippen LogP contribution in [0.25, 0.3) is 22.4 Å². The molecule has 16 heavy (non-hydrogen) atoms. The minimum atomic E-state index is 0.262. The molecule has 2 heterocycles. The van der Waals surface area contributed by atoms with Gasteiger partial charge in [0.05, 0.1) is 5.69 Å². The molecule has 78 valence electrons. The van der Waals surface area contributed by atoms with E-state index < -0.39 is 0 Å². The SMILES string of the molecule is Nc1nccc(-c2ccc3ocnc3c2)n1. The first kappa shape index (κ1) is 8.84. The number of oxazole rings is 1. The molecule has 2 N–H and O–H groups in total. The van der Waals surface area contributed by atoms with Gasteiger partial charge < -0.3 is 10.2 Å². The Hall–Kier alpha value is -2.43. The fourth-order valence-electron chi connectivity index (χ4n) is 1.55. The molecule has 3 rings (SSSR count). The van der Waals surface area contributed by atoms with Gasteiger partial charge in [-0.05, 0) is 24.3 Å². The zero-order valence-electron chi connectivity index (χ0n) is 8.29. The molecule has 0 unspecified atom stereocenters. The standard InChI is InChI=1S/C11H8N4O/c12-11-13-4-3-8(15-11)7-1-2-10-9(5-7)14-6-16-10/h1-6H,(H2,12,13,15). The van der Waals surface area contributed by atoms with Crippen molar-refractivity contribution in [3.05, 3.63) is 36.9 Å². The zero-order valence-corrected chi connectivity index (χ0v) is 8.29. The van der Waals surface area contributed by atoms with Crippen molar-refractivity contribution in [3.63, 3.8) is 0 Å². The smallest absolute Gasteiger partial charge is 0.220 e. The number of nitrogens with zero attached hydrogens (tertiary/aromatic N) is 3. The molecule has 0 atom stereocenters. The van der Waals surface area contributed by atoms with Crippen LogP contribution in [0.1, 0.15) is 0 Å². The van der Waals surface area contributed by atoms with Crippen LogP contribution in [-0.4, -0.2) is 15.0 Å². The predicted molar refractivity (Wildman–Crippen MR) is 59.4 cm³/mol. The van der Waals surface area contributed by atoms with Gasteiger partial charge in [-0.2, -0.15) is 0 Å². The number of aromatic nitrogens is 3. The average Bonchev–Trinajstić information content (AvgIpc) is 2.75. The Morgan fingerprint density at radius 3 is 2.94 bits per heavy atom. The van der Waals surface area contributed by atoms with Gasteiger partial charge in [0.15, 0.2) is 12.0 Å². The number of hydrogen-bond acceptors (Lipinski definition) is 5. The molecule has 0 radical (unpaired) electrons. The highest BCUT2D eigenvalue weighted by atomic mass is 16.3. The van der Waals surface area contributed by atoms with Crippen LogP contribution in [0.3, 0.4) is 0 Å². The number of nitrogens with two attached hydrogens (primary N) is 1. The van der Waals surface area contributed by atoms with E-state index >= 15 is 0 Å². The highest BCUT2D eigenvalue weighted by Crippen LogP contribution is 2.22. The van der Waals surface area contributed by atoms with Crippen molar-refractivity contribution in [1.82, 2.24) is 15.0 Å². The fraction of sp³-hybridized carbons (Fsp3) is 0. The third kappa shape index (κ3) is 1.38. The number of rotatable bonds is 1. The summed E-state index contributed by atoms with van der Waals surface area (Å²) in [6, 6.07) is 7.48. The van der Waals surface area contributed by atoms with Gasteiger partial charge in [0.1, 0.15) is 5.52 Å². The van der Waals surface area contributed by atoms with E-state index in [1.807, 2.05) is 18.2 Å². The van der Waals surface area contributed by atoms with Crippen LogP contribution in [-0.2, 0) is 0 Å². The third-order valence-corrected chi connectivity index (χ3v) is 2.30. The van der Waals surface area contributed by atoms with Gasteiger partial charge in [0.2, 0.25) is 5.95 Å². The average molecular weight is 212 g/mol. The molecule has 0 saturated carbocycles. The topological polar surface area (TPSA) is 77.8 Å². The minimum absolute atomic E-state index is 0.262. The normalized spacial score (nSPS) is 10.8. The molecule has 5 nitrogen and oxygen atoms in total. The van der Waals surface area contributed by atoms with Gasteiger partial charge >= 0.3 is 0 Å². The summed E-state index contributed by atoms with van der Waals surface area (Å²) >= 11 is 0. The molecule has 0 saturated heterocycles. The lowest BCUT2D eigenvalue weighted by Gasteiger charge is -2.00. The summed E-state index contributed by atoms with van der Waals surface area (Å²) < 4.78 is 5.16. The molecule has 0 aliphatic carbocycles. The van der Waals surface area contributed by atoms with Crippen LogP contribution in [0.5, 0.6) is 0 Å². The molecule has 0 fully saturated rings. The quantitative estimate of drug-likeness (QED) is 0.666. The fourth-order valence-corrected chi connectivity index (χ4v) is 1.55. The van der Waals surface area contributed by atoms with Crippen LogP contribution >= 0.6 is 0 Å². The molecule has 0 aliphatic heterocycles. The van der Waals surface area contributed by atoms with Crippen LogP contribution in [0, 0.1) is 0 Å². The Labute approximate surface area is 91.0 Å². The molecular formula is C11H8N4O. The summed E-state index contributed by atoms with van der Waals surface area (Å²) in [7, 11) is 0. The van der Waals surface area contributed by atoms with E-state index in [0.717, 1.165) is 22.4 Å². The summed E-state index contributed by atoms with van der Waals surface area (Å²) in [5.41, 5.74) is 8.80. The third-order valence-electron chi connectivity index (χ3n) is 2.30. The molecule has 1 aromatic carbocycles. The van der Waals surface area contributed by atoms with Gasteiger partial charge in [0.25, 0.3) is 0 Å². The second kappa shape index (κ2) is 3.30. The van der Waals surface area contributed by atoms with Gasteiger partial charge in [-0.1, -0.05) is 0 Å². The highest BCUT2D eigenvalue weighted by molar-refractivity contribution is 5.79. The maximum atomic E-state index is 5.53. The zero-order chi connectivity index (χ0) is 11.0. The van der Waals surface area contributed by atoms with Crippen molar-refractivity contribution in [2.45, 2.75) is 0 Å². The summed E-state index contributed by atoms with van der Waals surface area (Å²) in [6.45, 7) is 0. The minimum Gasteiger partial charge on any atom is -0.443 e.